The van der Waals surface area contributed by atoms with E-state index in [4.69, 9.17) is 0 Å². The van der Waals surface area contributed by atoms with Gasteiger partial charge in [-0.15, -0.1) is 0 Å². The van der Waals surface area contributed by atoms with Gasteiger partial charge >= 0.3 is 12.0 Å². The zero-order chi connectivity index (χ0) is 16.7. The van der Waals surface area contributed by atoms with E-state index < -0.39 is 12.0 Å². The van der Waals surface area contributed by atoms with Crippen molar-refractivity contribution >= 4 is 12.0 Å². The fraction of sp³-hybridized carbons (Fsp3) is 0.529. The summed E-state index contributed by atoms with van der Waals surface area (Å²) in [6, 6.07) is 5.10. The van der Waals surface area contributed by atoms with E-state index in [0.717, 1.165) is 25.7 Å². The molecule has 1 aliphatic heterocycles. The number of nitrogens with zero attached hydrogens (tertiary/aromatic N) is 1. The highest BCUT2D eigenvalue weighted by molar-refractivity contribution is 5.82. The van der Waals surface area contributed by atoms with Crippen LogP contribution in [-0.4, -0.2) is 46.2 Å². The first-order valence-electron chi connectivity index (χ1n) is 8.12. The van der Waals surface area contributed by atoms with Crippen LogP contribution in [0.3, 0.4) is 0 Å². The van der Waals surface area contributed by atoms with Crippen molar-refractivity contribution in [3.05, 3.63) is 29.8 Å². The van der Waals surface area contributed by atoms with E-state index in [1.807, 2.05) is 0 Å². The van der Waals surface area contributed by atoms with Crippen molar-refractivity contribution in [1.82, 2.24) is 10.2 Å². The van der Waals surface area contributed by atoms with Gasteiger partial charge < -0.3 is 20.4 Å². The molecule has 0 spiro atoms. The first-order chi connectivity index (χ1) is 11.1. The van der Waals surface area contributed by atoms with Crippen LogP contribution in [0.5, 0.6) is 5.75 Å². The lowest BCUT2D eigenvalue weighted by Crippen LogP contribution is -2.49. The Labute approximate surface area is 136 Å². The number of aromatic hydroxyl groups is 1. The van der Waals surface area contributed by atoms with Gasteiger partial charge in [0.25, 0.3) is 0 Å². The molecule has 1 heterocycles. The second-order valence-electron chi connectivity index (χ2n) is 5.97. The Morgan fingerprint density at radius 1 is 1.13 bits per heavy atom. The Kier molecular flexibility index (Phi) is 6.26. The molecular formula is C17H24N2O4. The van der Waals surface area contributed by atoms with Crippen molar-refractivity contribution < 1.29 is 19.8 Å². The van der Waals surface area contributed by atoms with Crippen molar-refractivity contribution in [3.63, 3.8) is 0 Å². The number of nitrogens with one attached hydrogen (secondary N) is 1. The number of urea groups is 1. The minimum Gasteiger partial charge on any atom is -0.508 e. The van der Waals surface area contributed by atoms with Crippen LogP contribution in [0.2, 0.25) is 0 Å². The van der Waals surface area contributed by atoms with Crippen LogP contribution in [0.25, 0.3) is 0 Å². The summed E-state index contributed by atoms with van der Waals surface area (Å²) in [4.78, 5) is 25.5. The molecule has 1 aromatic rings. The molecule has 0 saturated carbocycles. The van der Waals surface area contributed by atoms with Crippen molar-refractivity contribution in [3.8, 4) is 5.75 Å². The molecule has 0 bridgehead atoms. The maximum atomic E-state index is 12.3. The van der Waals surface area contributed by atoms with E-state index in [-0.39, 0.29) is 18.2 Å². The molecular weight excluding hydrogens is 296 g/mol. The topological polar surface area (TPSA) is 89.9 Å². The molecule has 23 heavy (non-hydrogen) atoms. The summed E-state index contributed by atoms with van der Waals surface area (Å²) in [7, 11) is 0. The Balaban J connectivity index is 1.97. The quantitative estimate of drug-likeness (QED) is 0.794. The average Bonchev–Trinajstić information content (AvgIpc) is 2.46. The lowest BCUT2D eigenvalue weighted by Gasteiger charge is -2.26. The molecule has 6 heteroatoms. The minimum atomic E-state index is -1.08. The van der Waals surface area contributed by atoms with Gasteiger partial charge in [-0.1, -0.05) is 31.4 Å². The summed E-state index contributed by atoms with van der Waals surface area (Å²) < 4.78 is 0. The van der Waals surface area contributed by atoms with Crippen LogP contribution in [0.15, 0.2) is 24.3 Å². The smallest absolute Gasteiger partial charge is 0.326 e. The number of likely N-dealkylation sites (tertiary alicyclic amines) is 1. The Morgan fingerprint density at radius 3 is 2.39 bits per heavy atom. The number of rotatable bonds is 4. The molecule has 2 amide bonds. The third-order valence-corrected chi connectivity index (χ3v) is 4.09. The fourth-order valence-electron chi connectivity index (χ4n) is 2.81. The number of amides is 2. The number of aliphatic carboxylic acids is 1. The maximum Gasteiger partial charge on any atom is 0.326 e. The molecule has 0 radical (unpaired) electrons. The van der Waals surface area contributed by atoms with Crippen molar-refractivity contribution in [2.45, 2.75) is 44.6 Å². The highest BCUT2D eigenvalue weighted by Crippen LogP contribution is 2.14. The van der Waals surface area contributed by atoms with Gasteiger partial charge in [-0.05, 0) is 30.5 Å². The van der Waals surface area contributed by atoms with Crippen molar-refractivity contribution in [2.24, 2.45) is 0 Å². The van der Waals surface area contributed by atoms with E-state index in [0.29, 0.717) is 18.7 Å². The molecule has 1 fully saturated rings. The van der Waals surface area contributed by atoms with Crippen LogP contribution < -0.4 is 5.32 Å². The van der Waals surface area contributed by atoms with Crippen LogP contribution in [0.4, 0.5) is 4.79 Å². The fourth-order valence-corrected chi connectivity index (χ4v) is 2.81. The highest BCUT2D eigenvalue weighted by atomic mass is 16.4. The largest absolute Gasteiger partial charge is 0.508 e. The van der Waals surface area contributed by atoms with E-state index >= 15 is 0 Å². The number of carboxylic acid groups (broad SMARTS) is 1. The summed E-state index contributed by atoms with van der Waals surface area (Å²) in [5.41, 5.74) is 0.672. The number of carbonyl (C=O) groups is 2. The van der Waals surface area contributed by atoms with Gasteiger partial charge in [0.2, 0.25) is 0 Å². The Bertz CT molecular complexity index is 539. The molecule has 1 saturated heterocycles. The normalized spacial score (nSPS) is 17.0. The second kappa shape index (κ2) is 8.41. The van der Waals surface area contributed by atoms with Gasteiger partial charge in [-0.3, -0.25) is 0 Å². The SMILES string of the molecule is O=C(O)C(Cc1cccc(O)c1)NC(=O)N1CCCCCCC1. The predicted molar refractivity (Wildman–Crippen MR) is 86.4 cm³/mol. The van der Waals surface area contributed by atoms with Gasteiger partial charge in [-0.2, -0.15) is 0 Å². The first-order valence-corrected chi connectivity index (χ1v) is 8.12. The average molecular weight is 320 g/mol. The maximum absolute atomic E-state index is 12.3. The lowest BCUT2D eigenvalue weighted by atomic mass is 10.1. The van der Waals surface area contributed by atoms with Crippen LogP contribution in [-0.2, 0) is 11.2 Å². The number of hydrogen-bond donors (Lipinski definition) is 3. The molecule has 126 valence electrons. The second-order valence-corrected chi connectivity index (χ2v) is 5.97. The zero-order valence-electron chi connectivity index (χ0n) is 13.2. The molecule has 0 aliphatic carbocycles. The summed E-state index contributed by atoms with van der Waals surface area (Å²) in [5.74, 6) is -0.990. The highest BCUT2D eigenvalue weighted by Gasteiger charge is 2.23. The van der Waals surface area contributed by atoms with Crippen molar-refractivity contribution in [2.75, 3.05) is 13.1 Å². The van der Waals surface area contributed by atoms with E-state index in [1.165, 1.54) is 18.6 Å². The Morgan fingerprint density at radius 2 is 1.78 bits per heavy atom. The summed E-state index contributed by atoms with van der Waals surface area (Å²) >= 11 is 0. The van der Waals surface area contributed by atoms with Crippen LogP contribution >= 0.6 is 0 Å². The van der Waals surface area contributed by atoms with E-state index in [1.54, 1.807) is 17.0 Å². The minimum absolute atomic E-state index is 0.0849. The molecule has 1 aromatic carbocycles. The predicted octanol–water partition coefficient (Wildman–Crippen LogP) is 2.36. The number of phenols is 1. The van der Waals surface area contributed by atoms with Crippen LogP contribution in [0.1, 0.15) is 37.7 Å². The zero-order valence-corrected chi connectivity index (χ0v) is 13.2. The van der Waals surface area contributed by atoms with Gasteiger partial charge in [0.05, 0.1) is 0 Å². The van der Waals surface area contributed by atoms with E-state index in [2.05, 4.69) is 5.32 Å². The molecule has 1 unspecified atom stereocenters. The third kappa shape index (κ3) is 5.47. The number of carbonyl (C=O) groups excluding carboxylic acids is 1. The monoisotopic (exact) mass is 320 g/mol. The lowest BCUT2D eigenvalue weighted by molar-refractivity contribution is -0.139. The molecule has 3 N–H and O–H groups in total. The van der Waals surface area contributed by atoms with Gasteiger partial charge in [0.15, 0.2) is 0 Å². The Hall–Kier alpha value is -2.24. The third-order valence-electron chi connectivity index (χ3n) is 4.09. The van der Waals surface area contributed by atoms with Crippen molar-refractivity contribution in [1.29, 1.82) is 0 Å². The number of carboxylic acids is 1. The summed E-state index contributed by atoms with van der Waals surface area (Å²) in [5, 5.41) is 21.4. The van der Waals surface area contributed by atoms with Crippen LogP contribution in [0, 0.1) is 0 Å². The molecule has 6 nitrogen and oxygen atoms in total. The van der Waals surface area contributed by atoms with Gasteiger partial charge in [0.1, 0.15) is 11.8 Å². The molecule has 1 aliphatic rings. The first kappa shape index (κ1) is 17.1. The van der Waals surface area contributed by atoms with E-state index in [9.17, 15) is 19.8 Å². The number of hydrogen-bond acceptors (Lipinski definition) is 3. The molecule has 1 atom stereocenters. The van der Waals surface area contributed by atoms with Gasteiger partial charge in [-0.25, -0.2) is 9.59 Å². The standard InChI is InChI=1S/C17H24N2O4/c20-14-8-6-7-13(11-14)12-15(16(21)22)18-17(23)19-9-4-2-1-3-5-10-19/h6-8,11,15,20H,1-5,9-10,12H2,(H,18,23)(H,21,22). The number of phenolic OH excluding ortho intramolecular Hbond substituents is 1. The summed E-state index contributed by atoms with van der Waals surface area (Å²) in [6.45, 7) is 1.34. The molecule has 0 aromatic heterocycles. The molecule has 2 rings (SSSR count). The van der Waals surface area contributed by atoms with Gasteiger partial charge in [0, 0.05) is 19.5 Å². The summed E-state index contributed by atoms with van der Waals surface area (Å²) in [6.07, 6.45) is 5.47. The number of benzene rings is 1.